The third-order valence-corrected chi connectivity index (χ3v) is 2.31. The van der Waals surface area contributed by atoms with Crippen LogP contribution in [0, 0.1) is 5.41 Å². The first-order valence-corrected chi connectivity index (χ1v) is 5.11. The minimum absolute atomic E-state index is 0.262. The van der Waals surface area contributed by atoms with E-state index >= 15 is 0 Å². The molecule has 0 fully saturated rings. The van der Waals surface area contributed by atoms with Gasteiger partial charge in [-0.3, -0.25) is 9.48 Å². The highest BCUT2D eigenvalue weighted by molar-refractivity contribution is 5.99. The fourth-order valence-corrected chi connectivity index (χ4v) is 1.21. The van der Waals surface area contributed by atoms with E-state index in [0.717, 1.165) is 6.54 Å². The SMILES string of the molecule is CCn1cc(C(=O)C(O)C(C)(C)C)cn1. The lowest BCUT2D eigenvalue weighted by Crippen LogP contribution is -2.34. The number of hydrogen-bond acceptors (Lipinski definition) is 3. The summed E-state index contributed by atoms with van der Waals surface area (Å²) in [6, 6.07) is 0. The summed E-state index contributed by atoms with van der Waals surface area (Å²) in [4.78, 5) is 11.8. The van der Waals surface area contributed by atoms with Crippen LogP contribution in [0.5, 0.6) is 0 Å². The predicted molar refractivity (Wildman–Crippen MR) is 57.7 cm³/mol. The molecule has 0 amide bonds. The second-order valence-corrected chi connectivity index (χ2v) is 4.72. The van der Waals surface area contributed by atoms with Crippen LogP contribution in [-0.4, -0.2) is 26.8 Å². The zero-order chi connectivity index (χ0) is 11.6. The van der Waals surface area contributed by atoms with E-state index < -0.39 is 11.5 Å². The van der Waals surface area contributed by atoms with Crippen molar-refractivity contribution in [3.05, 3.63) is 18.0 Å². The van der Waals surface area contributed by atoms with E-state index in [-0.39, 0.29) is 5.78 Å². The number of carbonyl (C=O) groups is 1. The van der Waals surface area contributed by atoms with Crippen molar-refractivity contribution in [2.24, 2.45) is 5.41 Å². The van der Waals surface area contributed by atoms with Gasteiger partial charge in [0.25, 0.3) is 0 Å². The maximum atomic E-state index is 11.8. The first kappa shape index (κ1) is 11.9. The van der Waals surface area contributed by atoms with Gasteiger partial charge in [0.2, 0.25) is 0 Å². The number of aliphatic hydroxyl groups excluding tert-OH is 1. The van der Waals surface area contributed by atoms with E-state index in [4.69, 9.17) is 0 Å². The first-order chi connectivity index (χ1) is 6.86. The van der Waals surface area contributed by atoms with Gasteiger partial charge in [-0.05, 0) is 12.3 Å². The molecular weight excluding hydrogens is 192 g/mol. The molecule has 0 aliphatic rings. The van der Waals surface area contributed by atoms with Gasteiger partial charge in [-0.1, -0.05) is 20.8 Å². The van der Waals surface area contributed by atoms with Crippen molar-refractivity contribution < 1.29 is 9.90 Å². The van der Waals surface area contributed by atoms with Gasteiger partial charge in [0.05, 0.1) is 11.8 Å². The number of rotatable bonds is 3. The van der Waals surface area contributed by atoms with Crippen LogP contribution in [0.1, 0.15) is 38.1 Å². The molecule has 0 saturated carbocycles. The van der Waals surface area contributed by atoms with Crippen LogP contribution in [0.3, 0.4) is 0 Å². The number of Topliss-reactive ketones (excluding diaryl/α,β-unsaturated/α-hetero) is 1. The molecule has 0 saturated heterocycles. The molecule has 1 rings (SSSR count). The van der Waals surface area contributed by atoms with Crippen molar-refractivity contribution in [2.75, 3.05) is 0 Å². The molecule has 1 heterocycles. The Bertz CT molecular complexity index is 350. The summed E-state index contributed by atoms with van der Waals surface area (Å²) >= 11 is 0. The second kappa shape index (κ2) is 4.14. The summed E-state index contributed by atoms with van der Waals surface area (Å²) in [6.07, 6.45) is 2.19. The third-order valence-electron chi connectivity index (χ3n) is 2.31. The van der Waals surface area contributed by atoms with E-state index in [1.807, 2.05) is 27.7 Å². The van der Waals surface area contributed by atoms with E-state index in [1.54, 1.807) is 10.9 Å². The van der Waals surface area contributed by atoms with Crippen molar-refractivity contribution in [3.8, 4) is 0 Å². The van der Waals surface area contributed by atoms with Gasteiger partial charge < -0.3 is 5.11 Å². The molecule has 4 nitrogen and oxygen atoms in total. The lowest BCUT2D eigenvalue weighted by Gasteiger charge is -2.23. The summed E-state index contributed by atoms with van der Waals surface area (Å²) < 4.78 is 1.67. The average Bonchev–Trinajstić information content (AvgIpc) is 2.62. The van der Waals surface area contributed by atoms with E-state index in [0.29, 0.717) is 5.56 Å². The standard InChI is InChI=1S/C11H18N2O2/c1-5-13-7-8(6-12-13)9(14)10(15)11(2,3)4/h6-7,10,15H,5H2,1-4H3. The number of hydrogen-bond donors (Lipinski definition) is 1. The van der Waals surface area contributed by atoms with Crippen LogP contribution in [0.15, 0.2) is 12.4 Å². The van der Waals surface area contributed by atoms with Gasteiger partial charge in [0.15, 0.2) is 5.78 Å². The average molecular weight is 210 g/mol. The number of ketones is 1. The number of carbonyl (C=O) groups excluding carboxylic acids is 1. The summed E-state index contributed by atoms with van der Waals surface area (Å²) in [5.41, 5.74) is 0.0325. The minimum Gasteiger partial charge on any atom is -0.384 e. The van der Waals surface area contributed by atoms with E-state index in [9.17, 15) is 9.90 Å². The van der Waals surface area contributed by atoms with Gasteiger partial charge in [0.1, 0.15) is 6.10 Å². The summed E-state index contributed by atoms with van der Waals surface area (Å²) in [6.45, 7) is 8.17. The Morgan fingerprint density at radius 3 is 2.60 bits per heavy atom. The fraction of sp³-hybridized carbons (Fsp3) is 0.636. The Balaban J connectivity index is 2.85. The fourth-order valence-electron chi connectivity index (χ4n) is 1.21. The molecule has 0 aliphatic heterocycles. The van der Waals surface area contributed by atoms with Crippen molar-refractivity contribution in [1.82, 2.24) is 9.78 Å². The molecule has 0 aromatic carbocycles. The Morgan fingerprint density at radius 1 is 1.60 bits per heavy atom. The van der Waals surface area contributed by atoms with Gasteiger partial charge >= 0.3 is 0 Å². The molecule has 0 spiro atoms. The van der Waals surface area contributed by atoms with Crippen LogP contribution in [0.2, 0.25) is 0 Å². The highest BCUT2D eigenvalue weighted by atomic mass is 16.3. The quantitative estimate of drug-likeness (QED) is 0.769. The van der Waals surface area contributed by atoms with Crippen LogP contribution in [-0.2, 0) is 6.54 Å². The number of nitrogens with zero attached hydrogens (tertiary/aromatic N) is 2. The zero-order valence-corrected chi connectivity index (χ0v) is 9.69. The summed E-state index contributed by atoms with van der Waals surface area (Å²) in [7, 11) is 0. The number of aliphatic hydroxyl groups is 1. The Morgan fingerprint density at radius 2 is 2.20 bits per heavy atom. The van der Waals surface area contributed by atoms with Crippen LogP contribution in [0.25, 0.3) is 0 Å². The third kappa shape index (κ3) is 2.65. The van der Waals surface area contributed by atoms with Crippen LogP contribution >= 0.6 is 0 Å². The molecule has 1 N–H and O–H groups in total. The molecular formula is C11H18N2O2. The van der Waals surface area contributed by atoms with Gasteiger partial charge in [-0.25, -0.2) is 0 Å². The van der Waals surface area contributed by atoms with E-state index in [2.05, 4.69) is 5.10 Å². The van der Waals surface area contributed by atoms with E-state index in [1.165, 1.54) is 6.20 Å². The lowest BCUT2D eigenvalue weighted by atomic mass is 9.85. The number of aromatic nitrogens is 2. The Labute approximate surface area is 89.9 Å². The minimum atomic E-state index is -0.980. The highest BCUT2D eigenvalue weighted by Gasteiger charge is 2.30. The largest absolute Gasteiger partial charge is 0.384 e. The number of aryl methyl sites for hydroxylation is 1. The van der Waals surface area contributed by atoms with Crippen molar-refractivity contribution in [2.45, 2.75) is 40.3 Å². The summed E-state index contributed by atoms with van der Waals surface area (Å²) in [5.74, 6) is -0.262. The monoisotopic (exact) mass is 210 g/mol. The predicted octanol–water partition coefficient (Wildman–Crippen LogP) is 1.49. The lowest BCUT2D eigenvalue weighted by molar-refractivity contribution is 0.0442. The summed E-state index contributed by atoms with van der Waals surface area (Å²) in [5, 5.41) is 13.8. The molecule has 0 bridgehead atoms. The molecule has 1 unspecified atom stereocenters. The molecule has 0 radical (unpaired) electrons. The zero-order valence-electron chi connectivity index (χ0n) is 9.69. The Hall–Kier alpha value is -1.16. The molecule has 1 aromatic rings. The second-order valence-electron chi connectivity index (χ2n) is 4.72. The Kier molecular flexibility index (Phi) is 3.29. The normalized spacial score (nSPS) is 13.9. The molecule has 84 valence electrons. The van der Waals surface area contributed by atoms with Crippen molar-refractivity contribution in [1.29, 1.82) is 0 Å². The van der Waals surface area contributed by atoms with Crippen molar-refractivity contribution >= 4 is 5.78 Å². The molecule has 15 heavy (non-hydrogen) atoms. The molecule has 0 aliphatic carbocycles. The van der Waals surface area contributed by atoms with Crippen LogP contribution < -0.4 is 0 Å². The maximum Gasteiger partial charge on any atom is 0.194 e. The van der Waals surface area contributed by atoms with Gasteiger partial charge in [-0.2, -0.15) is 5.10 Å². The first-order valence-electron chi connectivity index (χ1n) is 5.11. The maximum absolute atomic E-state index is 11.8. The van der Waals surface area contributed by atoms with Gasteiger partial charge in [-0.15, -0.1) is 0 Å². The topological polar surface area (TPSA) is 55.1 Å². The van der Waals surface area contributed by atoms with Gasteiger partial charge in [0, 0.05) is 12.7 Å². The molecule has 1 aromatic heterocycles. The molecule has 1 atom stereocenters. The smallest absolute Gasteiger partial charge is 0.194 e. The highest BCUT2D eigenvalue weighted by Crippen LogP contribution is 2.22. The van der Waals surface area contributed by atoms with Crippen LogP contribution in [0.4, 0.5) is 0 Å². The van der Waals surface area contributed by atoms with Crippen molar-refractivity contribution in [3.63, 3.8) is 0 Å². The molecule has 4 heteroatoms.